The summed E-state index contributed by atoms with van der Waals surface area (Å²) in [6, 6.07) is 0.930. The smallest absolute Gasteiger partial charge is 0.224 e. The van der Waals surface area contributed by atoms with Crippen molar-refractivity contribution in [3.8, 4) is 0 Å². The Bertz CT molecular complexity index is 314. The van der Waals surface area contributed by atoms with Gasteiger partial charge in [0.1, 0.15) is 0 Å². The number of carbonyl (C=O) groups is 1. The molecule has 0 aromatic rings. The molecule has 3 unspecified atom stereocenters. The first-order valence-corrected chi connectivity index (χ1v) is 7.50. The van der Waals surface area contributed by atoms with Gasteiger partial charge in [0, 0.05) is 38.1 Å². The lowest BCUT2D eigenvalue weighted by molar-refractivity contribution is -0.134. The van der Waals surface area contributed by atoms with Gasteiger partial charge in [-0.3, -0.25) is 4.79 Å². The van der Waals surface area contributed by atoms with Crippen molar-refractivity contribution in [2.45, 2.75) is 44.7 Å². The first-order valence-electron chi connectivity index (χ1n) is 7.50. The molecule has 0 spiro atoms. The van der Waals surface area contributed by atoms with Crippen molar-refractivity contribution >= 4 is 5.91 Å². The van der Waals surface area contributed by atoms with Gasteiger partial charge in [-0.2, -0.15) is 0 Å². The van der Waals surface area contributed by atoms with E-state index in [1.165, 1.54) is 32.4 Å². The zero-order valence-corrected chi connectivity index (χ0v) is 11.4. The van der Waals surface area contributed by atoms with E-state index < -0.39 is 0 Å². The fourth-order valence-electron chi connectivity index (χ4n) is 3.98. The van der Waals surface area contributed by atoms with Crippen molar-refractivity contribution in [2.75, 3.05) is 32.7 Å². The molecule has 3 saturated heterocycles. The van der Waals surface area contributed by atoms with Crippen molar-refractivity contribution in [1.29, 1.82) is 0 Å². The van der Waals surface area contributed by atoms with Gasteiger partial charge in [-0.25, -0.2) is 0 Å². The molecule has 3 rings (SSSR count). The largest absolute Gasteiger partial charge is 0.335 e. The van der Waals surface area contributed by atoms with Crippen molar-refractivity contribution in [3.63, 3.8) is 0 Å². The third-order valence-electron chi connectivity index (χ3n) is 4.91. The number of nitrogens with one attached hydrogen (secondary N) is 1. The minimum absolute atomic E-state index is 0.380. The van der Waals surface area contributed by atoms with E-state index in [0.717, 1.165) is 19.6 Å². The van der Waals surface area contributed by atoms with Crippen LogP contribution < -0.4 is 5.32 Å². The van der Waals surface area contributed by atoms with E-state index in [2.05, 4.69) is 22.0 Å². The second-order valence-electron chi connectivity index (χ2n) is 6.17. The summed E-state index contributed by atoms with van der Waals surface area (Å²) in [4.78, 5) is 17.0. The van der Waals surface area contributed by atoms with Crippen LogP contribution in [0.4, 0.5) is 0 Å². The Morgan fingerprint density at radius 3 is 2.83 bits per heavy atom. The molecule has 3 fully saturated rings. The maximum atomic E-state index is 12.4. The number of likely N-dealkylation sites (tertiary alicyclic amines) is 2. The highest BCUT2D eigenvalue weighted by Gasteiger charge is 2.43. The van der Waals surface area contributed by atoms with Crippen LogP contribution >= 0.6 is 0 Å². The molecule has 1 amide bonds. The monoisotopic (exact) mass is 251 g/mol. The van der Waals surface area contributed by atoms with Gasteiger partial charge in [0.05, 0.1) is 0 Å². The van der Waals surface area contributed by atoms with E-state index in [1.54, 1.807) is 0 Å². The topological polar surface area (TPSA) is 35.6 Å². The lowest BCUT2D eigenvalue weighted by Crippen LogP contribution is -2.43. The molecular formula is C14H25N3O. The summed E-state index contributed by atoms with van der Waals surface area (Å²) in [5, 5.41) is 3.42. The number of rotatable bonds is 3. The molecule has 1 N–H and O–H groups in total. The summed E-state index contributed by atoms with van der Waals surface area (Å²) < 4.78 is 0. The van der Waals surface area contributed by atoms with Gasteiger partial charge >= 0.3 is 0 Å². The molecule has 4 nitrogen and oxygen atoms in total. The van der Waals surface area contributed by atoms with E-state index in [1.807, 2.05) is 0 Å². The predicted octanol–water partition coefficient (Wildman–Crippen LogP) is 0.681. The van der Waals surface area contributed by atoms with E-state index in [-0.39, 0.29) is 0 Å². The van der Waals surface area contributed by atoms with Crippen LogP contribution in [0, 0.1) is 5.92 Å². The van der Waals surface area contributed by atoms with Gasteiger partial charge in [-0.15, -0.1) is 0 Å². The minimum atomic E-state index is 0.380. The number of nitrogens with zero attached hydrogens (tertiary/aromatic N) is 2. The minimum Gasteiger partial charge on any atom is -0.335 e. The van der Waals surface area contributed by atoms with Crippen LogP contribution in [0.5, 0.6) is 0 Å². The molecule has 18 heavy (non-hydrogen) atoms. The third kappa shape index (κ3) is 2.28. The Labute approximate surface area is 110 Å². The van der Waals surface area contributed by atoms with E-state index in [4.69, 9.17) is 0 Å². The summed E-state index contributed by atoms with van der Waals surface area (Å²) in [6.07, 6.45) is 4.52. The van der Waals surface area contributed by atoms with Gasteiger partial charge in [0.2, 0.25) is 5.91 Å². The molecule has 0 radical (unpaired) electrons. The van der Waals surface area contributed by atoms with Gasteiger partial charge in [-0.1, -0.05) is 0 Å². The summed E-state index contributed by atoms with van der Waals surface area (Å²) in [6.45, 7) is 7.67. The van der Waals surface area contributed by atoms with E-state index in [0.29, 0.717) is 30.3 Å². The van der Waals surface area contributed by atoms with E-state index in [9.17, 15) is 4.79 Å². The normalized spacial score (nSPS) is 36.3. The van der Waals surface area contributed by atoms with E-state index >= 15 is 0 Å². The fraction of sp³-hybridized carbons (Fsp3) is 0.929. The van der Waals surface area contributed by atoms with Crippen molar-refractivity contribution in [3.05, 3.63) is 0 Å². The van der Waals surface area contributed by atoms with Crippen LogP contribution in [0.3, 0.4) is 0 Å². The second kappa shape index (κ2) is 5.17. The first-order chi connectivity index (χ1) is 8.75. The average Bonchev–Trinajstić information content (AvgIpc) is 3.01. The van der Waals surface area contributed by atoms with Crippen molar-refractivity contribution in [2.24, 2.45) is 5.92 Å². The fourth-order valence-corrected chi connectivity index (χ4v) is 3.98. The standard InChI is InChI=1S/C14H25N3O/c1-11-8-12-9-15-10-13(12)17(11)14(18)4-7-16-5-2-3-6-16/h11-13,15H,2-10H2,1H3. The zero-order chi connectivity index (χ0) is 12.5. The molecule has 0 saturated carbocycles. The molecule has 3 heterocycles. The SMILES string of the molecule is CC1CC2CNCC2N1C(=O)CCN1CCCC1. The lowest BCUT2D eigenvalue weighted by atomic mass is 10.0. The van der Waals surface area contributed by atoms with Crippen LogP contribution in [0.15, 0.2) is 0 Å². The third-order valence-corrected chi connectivity index (χ3v) is 4.91. The van der Waals surface area contributed by atoms with Gasteiger partial charge < -0.3 is 15.1 Å². The number of hydrogen-bond donors (Lipinski definition) is 1. The number of hydrogen-bond acceptors (Lipinski definition) is 3. The van der Waals surface area contributed by atoms with Crippen LogP contribution in [0.2, 0.25) is 0 Å². The molecule has 3 atom stereocenters. The Kier molecular flexibility index (Phi) is 3.57. The molecule has 3 aliphatic rings. The second-order valence-corrected chi connectivity index (χ2v) is 6.17. The number of fused-ring (bicyclic) bond motifs is 1. The maximum absolute atomic E-state index is 12.4. The van der Waals surface area contributed by atoms with Crippen LogP contribution in [0.25, 0.3) is 0 Å². The van der Waals surface area contributed by atoms with Crippen molar-refractivity contribution < 1.29 is 4.79 Å². The maximum Gasteiger partial charge on any atom is 0.224 e. The highest BCUT2D eigenvalue weighted by atomic mass is 16.2. The Morgan fingerprint density at radius 1 is 1.28 bits per heavy atom. The summed E-state index contributed by atoms with van der Waals surface area (Å²) in [5.41, 5.74) is 0. The highest BCUT2D eigenvalue weighted by Crippen LogP contribution is 2.32. The zero-order valence-electron chi connectivity index (χ0n) is 11.4. The van der Waals surface area contributed by atoms with Gasteiger partial charge in [0.25, 0.3) is 0 Å². The van der Waals surface area contributed by atoms with Gasteiger partial charge in [0.15, 0.2) is 0 Å². The molecule has 0 aromatic heterocycles. The molecule has 0 bridgehead atoms. The van der Waals surface area contributed by atoms with Crippen molar-refractivity contribution in [1.82, 2.24) is 15.1 Å². The highest BCUT2D eigenvalue weighted by molar-refractivity contribution is 5.77. The number of amides is 1. The van der Waals surface area contributed by atoms with Gasteiger partial charge in [-0.05, 0) is 45.2 Å². The lowest BCUT2D eigenvalue weighted by Gasteiger charge is -2.28. The molecule has 0 aliphatic carbocycles. The molecule has 4 heteroatoms. The Hall–Kier alpha value is -0.610. The molecule has 102 valence electrons. The summed E-state index contributed by atoms with van der Waals surface area (Å²) in [7, 11) is 0. The average molecular weight is 251 g/mol. The predicted molar refractivity (Wildman–Crippen MR) is 71.4 cm³/mol. The quantitative estimate of drug-likeness (QED) is 0.801. The Balaban J connectivity index is 1.54. The first kappa shape index (κ1) is 12.4. The molecule has 0 aromatic carbocycles. The summed E-state index contributed by atoms with van der Waals surface area (Å²) >= 11 is 0. The van der Waals surface area contributed by atoms with Crippen LogP contribution in [0.1, 0.15) is 32.6 Å². The number of carbonyl (C=O) groups excluding carboxylic acids is 1. The molecule has 3 aliphatic heterocycles. The van der Waals surface area contributed by atoms with Crippen LogP contribution in [-0.2, 0) is 4.79 Å². The molecular weight excluding hydrogens is 226 g/mol. The Morgan fingerprint density at radius 2 is 2.06 bits per heavy atom. The summed E-state index contributed by atoms with van der Waals surface area (Å²) in [5.74, 6) is 1.08. The van der Waals surface area contributed by atoms with Crippen LogP contribution in [-0.4, -0.2) is 60.5 Å².